The molecule has 0 bridgehead atoms. The van der Waals surface area contributed by atoms with Gasteiger partial charge in [-0.2, -0.15) is 0 Å². The van der Waals surface area contributed by atoms with Gasteiger partial charge in [0.15, 0.2) is 0 Å². The van der Waals surface area contributed by atoms with Crippen molar-refractivity contribution in [1.29, 1.82) is 0 Å². The maximum absolute atomic E-state index is 14.3. The molecule has 3 rings (SSSR count). The van der Waals surface area contributed by atoms with Crippen molar-refractivity contribution >= 4 is 11.9 Å². The fourth-order valence-corrected chi connectivity index (χ4v) is 2.80. The van der Waals surface area contributed by atoms with Crippen molar-refractivity contribution in [3.8, 4) is 22.6 Å². The Morgan fingerprint density at radius 3 is 1.80 bits per heavy atom. The molecule has 0 saturated carbocycles. The minimum atomic E-state index is -0.635. The van der Waals surface area contributed by atoms with Crippen LogP contribution < -0.4 is 9.47 Å². The number of hydrogen-bond acceptors (Lipinski definition) is 4. The SMILES string of the molecule is C=CC(=O)Oc1ccc(-c2ccc(Cc3ccc(OC(=O)C=C)cc3F)cc2)cc1. The molecule has 0 aliphatic carbocycles. The summed E-state index contributed by atoms with van der Waals surface area (Å²) in [4.78, 5) is 22.4. The van der Waals surface area contributed by atoms with Crippen molar-refractivity contribution in [2.24, 2.45) is 0 Å². The Morgan fingerprint density at radius 1 is 0.767 bits per heavy atom. The number of carbonyl (C=O) groups is 2. The smallest absolute Gasteiger partial charge is 0.335 e. The molecular weight excluding hydrogens is 383 g/mol. The van der Waals surface area contributed by atoms with Crippen LogP contribution in [0.5, 0.6) is 11.5 Å². The molecule has 0 amide bonds. The third-order valence-electron chi connectivity index (χ3n) is 4.33. The molecule has 0 unspecified atom stereocenters. The van der Waals surface area contributed by atoms with Gasteiger partial charge in [0.05, 0.1) is 0 Å². The minimum absolute atomic E-state index is 0.138. The highest BCUT2D eigenvalue weighted by molar-refractivity contribution is 5.83. The maximum Gasteiger partial charge on any atom is 0.335 e. The van der Waals surface area contributed by atoms with Gasteiger partial charge in [-0.3, -0.25) is 0 Å². The Labute approximate surface area is 173 Å². The molecule has 0 aliphatic rings. The van der Waals surface area contributed by atoms with Crippen LogP contribution in [0.15, 0.2) is 92.0 Å². The molecule has 0 N–H and O–H groups in total. The van der Waals surface area contributed by atoms with Crippen molar-refractivity contribution < 1.29 is 23.5 Å². The van der Waals surface area contributed by atoms with Crippen LogP contribution in [0.1, 0.15) is 11.1 Å². The summed E-state index contributed by atoms with van der Waals surface area (Å²) in [6.07, 6.45) is 2.53. The molecule has 5 heteroatoms. The summed E-state index contributed by atoms with van der Waals surface area (Å²) in [5.41, 5.74) is 3.37. The molecule has 3 aromatic rings. The zero-order chi connectivity index (χ0) is 21.5. The van der Waals surface area contributed by atoms with E-state index in [1.54, 1.807) is 24.3 Å². The van der Waals surface area contributed by atoms with Crippen LogP contribution >= 0.6 is 0 Å². The lowest BCUT2D eigenvalue weighted by atomic mass is 10.00. The van der Waals surface area contributed by atoms with Gasteiger partial charge in [-0.25, -0.2) is 14.0 Å². The molecule has 150 valence electrons. The van der Waals surface area contributed by atoms with Crippen LogP contribution in [-0.4, -0.2) is 11.9 Å². The zero-order valence-corrected chi connectivity index (χ0v) is 16.1. The van der Waals surface area contributed by atoms with E-state index in [-0.39, 0.29) is 5.75 Å². The van der Waals surface area contributed by atoms with E-state index in [0.29, 0.717) is 17.7 Å². The van der Waals surface area contributed by atoms with Gasteiger partial charge in [0.25, 0.3) is 0 Å². The van der Waals surface area contributed by atoms with Crippen LogP contribution in [0.25, 0.3) is 11.1 Å². The Kier molecular flexibility index (Phi) is 6.55. The highest BCUT2D eigenvalue weighted by Crippen LogP contribution is 2.25. The number of ether oxygens (including phenoxy) is 2. The van der Waals surface area contributed by atoms with Crippen molar-refractivity contribution in [1.82, 2.24) is 0 Å². The molecular formula is C25H19FO4. The van der Waals surface area contributed by atoms with Gasteiger partial charge in [-0.05, 0) is 40.5 Å². The van der Waals surface area contributed by atoms with Gasteiger partial charge in [0.2, 0.25) is 0 Å². The first-order valence-corrected chi connectivity index (χ1v) is 9.15. The number of carbonyl (C=O) groups excluding carboxylic acids is 2. The second-order valence-electron chi connectivity index (χ2n) is 6.40. The molecule has 0 radical (unpaired) electrons. The molecule has 0 aromatic heterocycles. The van der Waals surface area contributed by atoms with Gasteiger partial charge in [-0.15, -0.1) is 0 Å². The summed E-state index contributed by atoms with van der Waals surface area (Å²) >= 11 is 0. The molecule has 0 fully saturated rings. The van der Waals surface area contributed by atoms with E-state index in [0.717, 1.165) is 28.8 Å². The first-order valence-electron chi connectivity index (χ1n) is 9.15. The summed E-state index contributed by atoms with van der Waals surface area (Å²) in [5, 5.41) is 0. The topological polar surface area (TPSA) is 52.6 Å². The van der Waals surface area contributed by atoms with E-state index >= 15 is 0 Å². The normalized spacial score (nSPS) is 10.2. The van der Waals surface area contributed by atoms with E-state index in [2.05, 4.69) is 13.2 Å². The molecule has 0 saturated heterocycles. The maximum atomic E-state index is 14.3. The standard InChI is InChI=1S/C25H19FO4/c1-3-24(27)29-21-12-9-19(10-13-21)18-7-5-17(6-8-18)15-20-11-14-22(16-23(20)26)30-25(28)4-2/h3-14,16H,1-2,15H2. The van der Waals surface area contributed by atoms with Gasteiger partial charge in [0.1, 0.15) is 17.3 Å². The monoisotopic (exact) mass is 402 g/mol. The molecule has 30 heavy (non-hydrogen) atoms. The molecule has 0 heterocycles. The van der Waals surface area contributed by atoms with Crippen molar-refractivity contribution in [3.63, 3.8) is 0 Å². The molecule has 0 aliphatic heterocycles. The lowest BCUT2D eigenvalue weighted by Gasteiger charge is -2.08. The first kappa shape index (κ1) is 20.7. The van der Waals surface area contributed by atoms with Gasteiger partial charge >= 0.3 is 11.9 Å². The quantitative estimate of drug-likeness (QED) is 0.307. The van der Waals surface area contributed by atoms with Crippen molar-refractivity contribution in [2.75, 3.05) is 0 Å². The Morgan fingerprint density at radius 2 is 1.27 bits per heavy atom. The van der Waals surface area contributed by atoms with E-state index in [1.165, 1.54) is 6.07 Å². The third kappa shape index (κ3) is 5.29. The third-order valence-corrected chi connectivity index (χ3v) is 4.33. The van der Waals surface area contributed by atoms with Crippen LogP contribution in [0.4, 0.5) is 4.39 Å². The number of halogens is 1. The fourth-order valence-electron chi connectivity index (χ4n) is 2.80. The van der Waals surface area contributed by atoms with Crippen LogP contribution in [0.2, 0.25) is 0 Å². The largest absolute Gasteiger partial charge is 0.423 e. The second kappa shape index (κ2) is 9.47. The second-order valence-corrected chi connectivity index (χ2v) is 6.40. The lowest BCUT2D eigenvalue weighted by Crippen LogP contribution is -2.04. The molecule has 3 aromatic carbocycles. The molecule has 0 atom stereocenters. The van der Waals surface area contributed by atoms with Crippen LogP contribution in [-0.2, 0) is 16.0 Å². The van der Waals surface area contributed by atoms with E-state index in [4.69, 9.17) is 9.47 Å². The minimum Gasteiger partial charge on any atom is -0.423 e. The number of rotatable bonds is 7. The number of esters is 2. The summed E-state index contributed by atoms with van der Waals surface area (Å²) in [5.74, 6) is -1.01. The summed E-state index contributed by atoms with van der Waals surface area (Å²) in [6, 6.07) is 19.2. The van der Waals surface area contributed by atoms with Crippen LogP contribution in [0, 0.1) is 5.82 Å². The van der Waals surface area contributed by atoms with E-state index < -0.39 is 17.8 Å². The van der Waals surface area contributed by atoms with Gasteiger partial charge in [0, 0.05) is 24.6 Å². The summed E-state index contributed by atoms with van der Waals surface area (Å²) in [7, 11) is 0. The average molecular weight is 402 g/mol. The van der Waals surface area contributed by atoms with E-state index in [1.807, 2.05) is 36.4 Å². The Balaban J connectivity index is 1.68. The van der Waals surface area contributed by atoms with Crippen molar-refractivity contribution in [2.45, 2.75) is 6.42 Å². The van der Waals surface area contributed by atoms with Crippen molar-refractivity contribution in [3.05, 3.63) is 109 Å². The zero-order valence-electron chi connectivity index (χ0n) is 16.1. The average Bonchev–Trinajstić information content (AvgIpc) is 2.76. The van der Waals surface area contributed by atoms with Gasteiger partial charge < -0.3 is 9.47 Å². The number of hydrogen-bond donors (Lipinski definition) is 0. The van der Waals surface area contributed by atoms with E-state index in [9.17, 15) is 14.0 Å². The van der Waals surface area contributed by atoms with Crippen LogP contribution in [0.3, 0.4) is 0 Å². The predicted molar refractivity (Wildman–Crippen MR) is 113 cm³/mol. The fraction of sp³-hybridized carbons (Fsp3) is 0.0400. The molecule has 4 nitrogen and oxygen atoms in total. The first-order chi connectivity index (χ1) is 14.5. The molecule has 0 spiro atoms. The number of benzene rings is 3. The van der Waals surface area contributed by atoms with Gasteiger partial charge in [-0.1, -0.05) is 55.6 Å². The Bertz CT molecular complexity index is 1080. The summed E-state index contributed by atoms with van der Waals surface area (Å²) < 4.78 is 24.3. The predicted octanol–water partition coefficient (Wildman–Crippen LogP) is 5.27. The Hall–Kier alpha value is -3.99. The lowest BCUT2D eigenvalue weighted by molar-refractivity contribution is -0.129. The highest BCUT2D eigenvalue weighted by atomic mass is 19.1. The highest BCUT2D eigenvalue weighted by Gasteiger charge is 2.08. The summed E-state index contributed by atoms with van der Waals surface area (Å²) in [6.45, 7) is 6.67.